The summed E-state index contributed by atoms with van der Waals surface area (Å²) in [4.78, 5) is 4.53. The van der Waals surface area contributed by atoms with Gasteiger partial charge in [-0.3, -0.25) is 0 Å². The molecule has 0 spiro atoms. The van der Waals surface area contributed by atoms with E-state index in [1.165, 1.54) is 12.8 Å². The second-order valence-electron chi connectivity index (χ2n) is 4.18. The molecular weight excluding hydrogens is 190 g/mol. The third-order valence-corrected chi connectivity index (χ3v) is 3.02. The largest absolute Gasteiger partial charge is 0.385 e. The van der Waals surface area contributed by atoms with Crippen molar-refractivity contribution in [2.24, 2.45) is 0 Å². The smallest absolute Gasteiger partial charge is 0.109 e. The van der Waals surface area contributed by atoms with E-state index in [1.807, 2.05) is 14.0 Å². The van der Waals surface area contributed by atoms with Gasteiger partial charge in [-0.05, 0) is 26.8 Å². The average molecular weight is 209 g/mol. The molecular formula is C11H19N3O. The van der Waals surface area contributed by atoms with Crippen LogP contribution in [0.5, 0.6) is 0 Å². The van der Waals surface area contributed by atoms with Crippen LogP contribution in [0.3, 0.4) is 0 Å². The molecule has 0 fully saturated rings. The molecule has 0 radical (unpaired) electrons. The molecule has 0 saturated carbocycles. The molecule has 15 heavy (non-hydrogen) atoms. The molecule has 0 aliphatic carbocycles. The van der Waals surface area contributed by atoms with Crippen LogP contribution in [0.4, 0.5) is 0 Å². The Kier molecular flexibility index (Phi) is 3.07. The molecule has 0 amide bonds. The maximum absolute atomic E-state index is 10.0. The first-order chi connectivity index (χ1) is 7.24. The maximum Gasteiger partial charge on any atom is 0.109 e. The lowest BCUT2D eigenvalue weighted by Crippen LogP contribution is -2.22. The van der Waals surface area contributed by atoms with Gasteiger partial charge >= 0.3 is 0 Å². The van der Waals surface area contributed by atoms with Crippen molar-refractivity contribution < 1.29 is 5.11 Å². The lowest BCUT2D eigenvalue weighted by molar-refractivity contribution is 0.166. The number of nitrogens with one attached hydrogen (secondary N) is 1. The van der Waals surface area contributed by atoms with Gasteiger partial charge < -0.3 is 15.0 Å². The number of hydrogen-bond acceptors (Lipinski definition) is 3. The predicted molar refractivity (Wildman–Crippen MR) is 58.8 cm³/mol. The molecule has 84 valence electrons. The van der Waals surface area contributed by atoms with Crippen molar-refractivity contribution in [2.75, 3.05) is 13.6 Å². The summed E-state index contributed by atoms with van der Waals surface area (Å²) in [7, 11) is 1.85. The Labute approximate surface area is 90.3 Å². The van der Waals surface area contributed by atoms with E-state index in [4.69, 9.17) is 0 Å². The normalized spacial score (nSPS) is 17.5. The highest BCUT2D eigenvalue weighted by Gasteiger charge is 2.21. The van der Waals surface area contributed by atoms with Gasteiger partial charge in [-0.1, -0.05) is 0 Å². The van der Waals surface area contributed by atoms with Crippen molar-refractivity contribution in [1.82, 2.24) is 14.9 Å². The second kappa shape index (κ2) is 4.33. The molecule has 0 bridgehead atoms. The number of nitrogens with zero attached hydrogens (tertiary/aromatic N) is 2. The highest BCUT2D eigenvalue weighted by atomic mass is 16.3. The molecule has 2 rings (SSSR count). The van der Waals surface area contributed by atoms with Gasteiger partial charge in [0.1, 0.15) is 11.9 Å². The van der Waals surface area contributed by atoms with Gasteiger partial charge in [-0.25, -0.2) is 4.98 Å². The van der Waals surface area contributed by atoms with E-state index in [9.17, 15) is 5.11 Å². The summed E-state index contributed by atoms with van der Waals surface area (Å²) in [6, 6.07) is 0. The first-order valence-corrected chi connectivity index (χ1v) is 5.62. The monoisotopic (exact) mass is 209 g/mol. The zero-order valence-corrected chi connectivity index (χ0v) is 9.45. The summed E-state index contributed by atoms with van der Waals surface area (Å²) in [5, 5.41) is 13.0. The van der Waals surface area contributed by atoms with E-state index in [1.54, 1.807) is 0 Å². The molecule has 4 heteroatoms. The fourth-order valence-electron chi connectivity index (χ4n) is 2.35. The Morgan fingerprint density at radius 3 is 3.07 bits per heavy atom. The minimum Gasteiger partial charge on any atom is -0.385 e. The van der Waals surface area contributed by atoms with Crippen molar-refractivity contribution >= 4 is 0 Å². The van der Waals surface area contributed by atoms with Crippen molar-refractivity contribution in [3.8, 4) is 0 Å². The second-order valence-corrected chi connectivity index (χ2v) is 4.18. The summed E-state index contributed by atoms with van der Waals surface area (Å²) in [6.45, 7) is 3.58. The summed E-state index contributed by atoms with van der Waals surface area (Å²) in [6.07, 6.45) is 3.03. The molecule has 1 aliphatic heterocycles. The third kappa shape index (κ3) is 1.92. The van der Waals surface area contributed by atoms with Gasteiger partial charge in [0.2, 0.25) is 0 Å². The highest BCUT2D eigenvalue weighted by molar-refractivity contribution is 5.20. The minimum atomic E-state index is -0.436. The molecule has 1 atom stereocenters. The number of hydrogen-bond donors (Lipinski definition) is 2. The lowest BCUT2D eigenvalue weighted by Gasteiger charge is -2.19. The van der Waals surface area contributed by atoms with E-state index in [0.717, 1.165) is 30.2 Å². The van der Waals surface area contributed by atoms with E-state index in [-0.39, 0.29) is 0 Å². The van der Waals surface area contributed by atoms with Crippen molar-refractivity contribution in [3.63, 3.8) is 0 Å². The lowest BCUT2D eigenvalue weighted by atomic mass is 10.1. The molecule has 1 aromatic heterocycles. The zero-order valence-electron chi connectivity index (χ0n) is 9.45. The summed E-state index contributed by atoms with van der Waals surface area (Å²) >= 11 is 0. The van der Waals surface area contributed by atoms with E-state index >= 15 is 0 Å². The van der Waals surface area contributed by atoms with Gasteiger partial charge in [0.05, 0.1) is 11.4 Å². The van der Waals surface area contributed by atoms with Crippen LogP contribution in [0.15, 0.2) is 0 Å². The van der Waals surface area contributed by atoms with Crippen LogP contribution < -0.4 is 5.32 Å². The van der Waals surface area contributed by atoms with Crippen LogP contribution in [0.2, 0.25) is 0 Å². The molecule has 4 nitrogen and oxygen atoms in total. The van der Waals surface area contributed by atoms with E-state index < -0.39 is 6.10 Å². The van der Waals surface area contributed by atoms with Crippen molar-refractivity contribution in [1.29, 1.82) is 0 Å². The van der Waals surface area contributed by atoms with Gasteiger partial charge in [0.25, 0.3) is 0 Å². The summed E-state index contributed by atoms with van der Waals surface area (Å²) < 4.78 is 2.20. The fourth-order valence-corrected chi connectivity index (χ4v) is 2.35. The topological polar surface area (TPSA) is 50.1 Å². The Bertz CT molecular complexity index is 346. The van der Waals surface area contributed by atoms with E-state index in [2.05, 4.69) is 14.9 Å². The average Bonchev–Trinajstić information content (AvgIpc) is 2.54. The Balaban J connectivity index is 2.32. The van der Waals surface area contributed by atoms with Crippen molar-refractivity contribution in [3.05, 3.63) is 17.2 Å². The summed E-state index contributed by atoms with van der Waals surface area (Å²) in [5.41, 5.74) is 1.98. The number of aliphatic hydroxyl groups is 1. The van der Waals surface area contributed by atoms with Crippen LogP contribution in [0.1, 0.15) is 36.2 Å². The third-order valence-electron chi connectivity index (χ3n) is 3.02. The van der Waals surface area contributed by atoms with Crippen LogP contribution in [0.25, 0.3) is 0 Å². The number of imidazole rings is 1. The Morgan fingerprint density at radius 1 is 1.53 bits per heavy atom. The molecule has 1 unspecified atom stereocenters. The Hall–Kier alpha value is -0.870. The number of aromatic nitrogens is 2. The molecule has 1 aromatic rings. The van der Waals surface area contributed by atoms with Gasteiger partial charge in [0.15, 0.2) is 0 Å². The number of rotatable bonds is 3. The Morgan fingerprint density at radius 2 is 2.33 bits per heavy atom. The van der Waals surface area contributed by atoms with Gasteiger partial charge in [-0.15, -0.1) is 0 Å². The van der Waals surface area contributed by atoms with Crippen LogP contribution in [-0.2, 0) is 13.0 Å². The molecule has 2 N–H and O–H groups in total. The standard InChI is InChI=1S/C11H19N3O/c1-8-11(9(15)7-12-2)14-6-4-3-5-10(14)13-8/h9,12,15H,3-7H2,1-2H3. The van der Waals surface area contributed by atoms with Crippen LogP contribution in [0, 0.1) is 6.92 Å². The van der Waals surface area contributed by atoms with Crippen molar-refractivity contribution in [2.45, 2.75) is 38.8 Å². The first kappa shape index (κ1) is 10.6. The summed E-state index contributed by atoms with van der Waals surface area (Å²) in [5.74, 6) is 1.14. The quantitative estimate of drug-likeness (QED) is 0.773. The number of likely N-dealkylation sites (N-methyl/N-ethyl adjacent to an activating group) is 1. The zero-order chi connectivity index (χ0) is 10.8. The predicted octanol–water partition coefficient (Wildman–Crippen LogP) is 0.781. The molecule has 2 heterocycles. The minimum absolute atomic E-state index is 0.436. The maximum atomic E-state index is 10.0. The SMILES string of the molecule is CNCC(O)c1c(C)nc2n1CCCC2. The highest BCUT2D eigenvalue weighted by Crippen LogP contribution is 2.23. The molecule has 0 aromatic carbocycles. The van der Waals surface area contributed by atoms with Crippen LogP contribution in [-0.4, -0.2) is 28.3 Å². The van der Waals surface area contributed by atoms with Crippen LogP contribution >= 0.6 is 0 Å². The number of aliphatic hydroxyl groups excluding tert-OH is 1. The number of aryl methyl sites for hydroxylation is 2. The number of fused-ring (bicyclic) bond motifs is 1. The first-order valence-electron chi connectivity index (χ1n) is 5.62. The van der Waals surface area contributed by atoms with Gasteiger partial charge in [0, 0.05) is 19.5 Å². The molecule has 1 aliphatic rings. The van der Waals surface area contributed by atoms with Gasteiger partial charge in [-0.2, -0.15) is 0 Å². The fraction of sp³-hybridized carbons (Fsp3) is 0.727. The van der Waals surface area contributed by atoms with E-state index in [0.29, 0.717) is 6.54 Å². The molecule has 0 saturated heterocycles.